The Labute approximate surface area is 482 Å². The van der Waals surface area contributed by atoms with Gasteiger partial charge in [-0.2, -0.15) is 0 Å². The topological polar surface area (TPSA) is 78.9 Å². The maximum atomic E-state index is 12.9. The Morgan fingerprint density at radius 3 is 0.872 bits per heavy atom. The van der Waals surface area contributed by atoms with E-state index >= 15 is 0 Å². The minimum absolute atomic E-state index is 0.114. The Morgan fingerprint density at radius 2 is 0.538 bits per heavy atom. The van der Waals surface area contributed by atoms with Crippen LogP contribution in [0.1, 0.15) is 297 Å². The molecule has 1 unspecified atom stereocenters. The first-order valence-corrected chi connectivity index (χ1v) is 32.5. The molecule has 0 bridgehead atoms. The van der Waals surface area contributed by atoms with Crippen molar-refractivity contribution in [3.63, 3.8) is 0 Å². The molecular weight excluding hydrogens is 961 g/mol. The molecule has 0 N–H and O–H groups in total. The Hall–Kier alpha value is -4.19. The van der Waals surface area contributed by atoms with Gasteiger partial charge in [-0.3, -0.25) is 14.4 Å². The van der Waals surface area contributed by atoms with Gasteiger partial charge in [-0.15, -0.1) is 0 Å². The van der Waals surface area contributed by atoms with Crippen molar-refractivity contribution in [2.75, 3.05) is 13.2 Å². The molecule has 0 heterocycles. The highest BCUT2D eigenvalue weighted by atomic mass is 16.6. The summed E-state index contributed by atoms with van der Waals surface area (Å²) in [5.41, 5.74) is 0. The molecule has 0 radical (unpaired) electrons. The molecule has 0 aliphatic rings. The number of unbranched alkanes of at least 4 members (excludes halogenated alkanes) is 27. The summed E-state index contributed by atoms with van der Waals surface area (Å²) in [6.07, 6.45) is 90.8. The molecule has 0 fully saturated rings. The summed E-state index contributed by atoms with van der Waals surface area (Å²) in [4.78, 5) is 38.3. The van der Waals surface area contributed by atoms with Crippen LogP contribution in [-0.2, 0) is 28.6 Å². The molecule has 78 heavy (non-hydrogen) atoms. The van der Waals surface area contributed by atoms with Crippen LogP contribution in [0.25, 0.3) is 0 Å². The predicted octanol–water partition coefficient (Wildman–Crippen LogP) is 22.4. The third kappa shape index (κ3) is 62.7. The normalized spacial score (nSPS) is 12.9. The van der Waals surface area contributed by atoms with Crippen molar-refractivity contribution in [3.05, 3.63) is 122 Å². The van der Waals surface area contributed by atoms with Crippen LogP contribution in [0.4, 0.5) is 0 Å². The summed E-state index contributed by atoms with van der Waals surface area (Å²) in [7, 11) is 0. The second kappa shape index (κ2) is 65.3. The van der Waals surface area contributed by atoms with E-state index in [1.807, 2.05) is 6.08 Å². The summed E-state index contributed by atoms with van der Waals surface area (Å²) < 4.78 is 16.8. The van der Waals surface area contributed by atoms with Crippen LogP contribution in [0, 0.1) is 0 Å². The van der Waals surface area contributed by atoms with Crippen molar-refractivity contribution in [1.29, 1.82) is 0 Å². The highest BCUT2D eigenvalue weighted by molar-refractivity contribution is 5.71. The zero-order valence-electron chi connectivity index (χ0n) is 50.9. The predicted molar refractivity (Wildman–Crippen MR) is 339 cm³/mol. The molecule has 0 aromatic heterocycles. The monoisotopic (exact) mass is 1080 g/mol. The number of hydrogen-bond donors (Lipinski definition) is 0. The van der Waals surface area contributed by atoms with E-state index in [9.17, 15) is 14.4 Å². The zero-order valence-corrected chi connectivity index (χ0v) is 50.9. The van der Waals surface area contributed by atoms with E-state index in [0.29, 0.717) is 19.3 Å². The van der Waals surface area contributed by atoms with Gasteiger partial charge in [-0.05, 0) is 116 Å². The average molecular weight is 1080 g/mol. The fourth-order valence-corrected chi connectivity index (χ4v) is 8.81. The molecule has 6 nitrogen and oxygen atoms in total. The Bertz CT molecular complexity index is 1620. The minimum atomic E-state index is -0.828. The molecule has 0 rings (SSSR count). The SMILES string of the molecule is CC/C=C\C/C=C\C/C=C\C/C=C\C/C=C\C/C=C\CCC(=O)OC(COC(=O)CCCCCCC/C=C\C/C=C\CCCC)COC(=O)CCCCCCCCCCCCCCCCC/C=C\C/C=C\CCCCCCC. The molecule has 0 saturated heterocycles. The molecule has 444 valence electrons. The number of carbonyl (C=O) groups is 3. The van der Waals surface area contributed by atoms with E-state index in [-0.39, 0.29) is 31.6 Å². The lowest BCUT2D eigenvalue weighted by atomic mass is 10.0. The van der Waals surface area contributed by atoms with Crippen molar-refractivity contribution in [2.24, 2.45) is 0 Å². The third-order valence-electron chi connectivity index (χ3n) is 13.7. The van der Waals surface area contributed by atoms with Gasteiger partial charge in [-0.1, -0.05) is 284 Å². The van der Waals surface area contributed by atoms with Gasteiger partial charge >= 0.3 is 17.9 Å². The fraction of sp³-hybridized carbons (Fsp3) is 0.681. The summed E-state index contributed by atoms with van der Waals surface area (Å²) in [5, 5.41) is 0. The summed E-state index contributed by atoms with van der Waals surface area (Å²) in [5.74, 6) is -1.01. The molecule has 0 aromatic carbocycles. The van der Waals surface area contributed by atoms with Crippen LogP contribution < -0.4 is 0 Å². The smallest absolute Gasteiger partial charge is 0.306 e. The zero-order chi connectivity index (χ0) is 56.4. The van der Waals surface area contributed by atoms with E-state index in [4.69, 9.17) is 14.2 Å². The van der Waals surface area contributed by atoms with E-state index in [0.717, 1.165) is 109 Å². The van der Waals surface area contributed by atoms with Crippen molar-refractivity contribution < 1.29 is 28.6 Å². The van der Waals surface area contributed by atoms with Crippen LogP contribution in [0.2, 0.25) is 0 Å². The maximum absolute atomic E-state index is 12.9. The second-order valence-corrected chi connectivity index (χ2v) is 21.3. The quantitative estimate of drug-likeness (QED) is 0.0261. The standard InChI is InChI=1S/C72H120O6/c1-4-7-10-13-16-19-22-25-28-30-32-33-34-35-36-37-38-39-41-42-44-47-50-53-56-59-62-65-71(74)77-68-69(67-76-70(73)64-61-58-55-52-49-46-27-24-21-18-15-12-9-6-3)78-72(75)66-63-60-57-54-51-48-45-43-40-31-29-26-23-20-17-14-11-8-5-2/h8,11,15,17-18,20,22,24-27,29-30,32,40,43,48,51,57,60,69H,4-7,9-10,12-14,16,19,21,23,28,31,33-39,41-42,44-47,49-50,52-56,58-59,61-68H2,1-3H3/b11-8-,18-15-,20-17-,25-22-,27-24-,29-26-,32-30-,43-40-,51-48-,60-57-. The maximum Gasteiger partial charge on any atom is 0.306 e. The van der Waals surface area contributed by atoms with Crippen molar-refractivity contribution in [1.82, 2.24) is 0 Å². The third-order valence-corrected chi connectivity index (χ3v) is 13.7. The largest absolute Gasteiger partial charge is 0.462 e. The minimum Gasteiger partial charge on any atom is -0.462 e. The van der Waals surface area contributed by atoms with Gasteiger partial charge in [0.25, 0.3) is 0 Å². The first kappa shape index (κ1) is 73.8. The van der Waals surface area contributed by atoms with Gasteiger partial charge in [0.05, 0.1) is 0 Å². The second-order valence-electron chi connectivity index (χ2n) is 21.3. The van der Waals surface area contributed by atoms with Crippen LogP contribution in [0.15, 0.2) is 122 Å². The summed E-state index contributed by atoms with van der Waals surface area (Å²) in [6, 6.07) is 0. The van der Waals surface area contributed by atoms with Gasteiger partial charge in [0.15, 0.2) is 6.10 Å². The lowest BCUT2D eigenvalue weighted by Crippen LogP contribution is -2.30. The van der Waals surface area contributed by atoms with Gasteiger partial charge in [0.2, 0.25) is 0 Å². The van der Waals surface area contributed by atoms with Crippen LogP contribution in [-0.4, -0.2) is 37.2 Å². The van der Waals surface area contributed by atoms with E-state index in [1.54, 1.807) is 0 Å². The highest BCUT2D eigenvalue weighted by Crippen LogP contribution is 2.16. The van der Waals surface area contributed by atoms with E-state index in [1.165, 1.54) is 141 Å². The first-order chi connectivity index (χ1) is 38.5. The number of esters is 3. The Kier molecular flexibility index (Phi) is 61.8. The lowest BCUT2D eigenvalue weighted by molar-refractivity contribution is -0.166. The fourth-order valence-electron chi connectivity index (χ4n) is 8.81. The summed E-state index contributed by atoms with van der Waals surface area (Å²) in [6.45, 7) is 6.42. The highest BCUT2D eigenvalue weighted by Gasteiger charge is 2.19. The van der Waals surface area contributed by atoms with Crippen LogP contribution >= 0.6 is 0 Å². The molecule has 0 aliphatic carbocycles. The molecule has 6 heteroatoms. The molecule has 0 aliphatic heterocycles. The summed E-state index contributed by atoms with van der Waals surface area (Å²) >= 11 is 0. The van der Waals surface area contributed by atoms with Gasteiger partial charge in [0, 0.05) is 19.3 Å². The van der Waals surface area contributed by atoms with Gasteiger partial charge < -0.3 is 14.2 Å². The van der Waals surface area contributed by atoms with Crippen LogP contribution in [0.5, 0.6) is 0 Å². The molecular formula is C72H120O6. The Balaban J connectivity index is 4.39. The van der Waals surface area contributed by atoms with Gasteiger partial charge in [-0.25, -0.2) is 0 Å². The van der Waals surface area contributed by atoms with E-state index in [2.05, 4.69) is 136 Å². The number of carbonyl (C=O) groups excluding carboxylic acids is 3. The molecule has 0 aromatic rings. The molecule has 0 amide bonds. The van der Waals surface area contributed by atoms with Crippen molar-refractivity contribution in [3.8, 4) is 0 Å². The average Bonchev–Trinajstić information content (AvgIpc) is 3.44. The lowest BCUT2D eigenvalue weighted by Gasteiger charge is -2.18. The molecule has 0 spiro atoms. The van der Waals surface area contributed by atoms with E-state index < -0.39 is 12.1 Å². The number of ether oxygens (including phenoxy) is 3. The molecule has 1 atom stereocenters. The van der Waals surface area contributed by atoms with Gasteiger partial charge in [0.1, 0.15) is 13.2 Å². The van der Waals surface area contributed by atoms with Crippen molar-refractivity contribution >= 4 is 17.9 Å². The number of hydrogen-bond acceptors (Lipinski definition) is 6. The van der Waals surface area contributed by atoms with Crippen molar-refractivity contribution in [2.45, 2.75) is 303 Å². The first-order valence-electron chi connectivity index (χ1n) is 32.5. The van der Waals surface area contributed by atoms with Crippen LogP contribution in [0.3, 0.4) is 0 Å². The number of allylic oxidation sites excluding steroid dienone is 20. The number of rotatable bonds is 58. The molecule has 0 saturated carbocycles. The Morgan fingerprint density at radius 1 is 0.269 bits per heavy atom.